The van der Waals surface area contributed by atoms with Crippen LogP contribution in [0.15, 0.2) is 0 Å². The molecular formula is C6H13NO3. The van der Waals surface area contributed by atoms with E-state index in [1.165, 1.54) is 0 Å². The number of hydrogen-bond donors (Lipinski definition) is 4. The van der Waals surface area contributed by atoms with Crippen LogP contribution in [0.3, 0.4) is 0 Å². The minimum atomic E-state index is -0.800. The summed E-state index contributed by atoms with van der Waals surface area (Å²) in [6, 6.07) is -0.237. The van der Waals surface area contributed by atoms with Gasteiger partial charge >= 0.3 is 0 Å². The summed E-state index contributed by atoms with van der Waals surface area (Å²) in [5, 5.41) is 29.9. The van der Waals surface area contributed by atoms with Crippen LogP contribution in [0.25, 0.3) is 0 Å². The molecule has 4 nitrogen and oxygen atoms in total. The maximum absolute atomic E-state index is 9.14. The molecular weight excluding hydrogens is 134 g/mol. The van der Waals surface area contributed by atoms with Crippen LogP contribution in [0.1, 0.15) is 13.3 Å². The second-order valence-corrected chi connectivity index (χ2v) is 2.76. The molecule has 0 aromatic carbocycles. The van der Waals surface area contributed by atoms with E-state index >= 15 is 0 Å². The van der Waals surface area contributed by atoms with Gasteiger partial charge in [0.25, 0.3) is 0 Å². The van der Waals surface area contributed by atoms with E-state index in [9.17, 15) is 0 Å². The molecule has 1 saturated heterocycles. The van der Waals surface area contributed by atoms with Gasteiger partial charge in [-0.05, 0) is 6.92 Å². The van der Waals surface area contributed by atoms with Crippen LogP contribution in [0.4, 0.5) is 0 Å². The van der Waals surface area contributed by atoms with Crippen molar-refractivity contribution in [3.8, 4) is 0 Å². The van der Waals surface area contributed by atoms with Crippen LogP contribution >= 0.6 is 0 Å². The maximum atomic E-state index is 9.14. The summed E-state index contributed by atoms with van der Waals surface area (Å²) < 4.78 is 0. The summed E-state index contributed by atoms with van der Waals surface area (Å²) in [7, 11) is 0. The molecule has 4 heteroatoms. The van der Waals surface area contributed by atoms with Gasteiger partial charge in [-0.3, -0.25) is 5.32 Å². The number of hydrogen-bond acceptors (Lipinski definition) is 4. The summed E-state index contributed by atoms with van der Waals surface area (Å²) in [6.45, 7) is 1.72. The highest BCUT2D eigenvalue weighted by Crippen LogP contribution is 2.12. The molecule has 0 bridgehead atoms. The van der Waals surface area contributed by atoms with Crippen LogP contribution in [-0.2, 0) is 0 Å². The van der Waals surface area contributed by atoms with Gasteiger partial charge in [-0.1, -0.05) is 0 Å². The molecule has 1 aliphatic rings. The molecule has 10 heavy (non-hydrogen) atoms. The molecule has 0 aromatic rings. The van der Waals surface area contributed by atoms with Gasteiger partial charge in [0.1, 0.15) is 6.23 Å². The van der Waals surface area contributed by atoms with Crippen molar-refractivity contribution >= 4 is 0 Å². The van der Waals surface area contributed by atoms with E-state index in [2.05, 4.69) is 5.32 Å². The fourth-order valence-corrected chi connectivity index (χ4v) is 1.17. The number of piperidine rings is 1. The minimum absolute atomic E-state index is 0.200. The smallest absolute Gasteiger partial charge is 0.107 e. The average Bonchev–Trinajstić information content (AvgIpc) is 1.82. The Hall–Kier alpha value is -0.160. The van der Waals surface area contributed by atoms with Crippen molar-refractivity contribution < 1.29 is 15.3 Å². The van der Waals surface area contributed by atoms with Crippen molar-refractivity contribution in [3.05, 3.63) is 0 Å². The molecule has 1 heterocycles. The Balaban J connectivity index is 2.49. The first-order chi connectivity index (χ1) is 4.61. The van der Waals surface area contributed by atoms with Crippen molar-refractivity contribution in [2.75, 3.05) is 0 Å². The Morgan fingerprint density at radius 2 is 1.90 bits per heavy atom. The lowest BCUT2D eigenvalue weighted by Gasteiger charge is -2.33. The van der Waals surface area contributed by atoms with Gasteiger partial charge in [-0.25, -0.2) is 0 Å². The molecule has 0 saturated carbocycles. The molecule has 0 spiro atoms. The SMILES string of the molecule is C[C@@H]1NC(O)C[C@H](O)[C@@H]1O. The molecule has 1 rings (SSSR count). The summed E-state index contributed by atoms with van der Waals surface area (Å²) in [5.74, 6) is 0. The van der Waals surface area contributed by atoms with Crippen LogP contribution in [0.2, 0.25) is 0 Å². The maximum Gasteiger partial charge on any atom is 0.107 e. The van der Waals surface area contributed by atoms with Gasteiger partial charge in [-0.15, -0.1) is 0 Å². The van der Waals surface area contributed by atoms with Gasteiger partial charge in [0.15, 0.2) is 0 Å². The molecule has 60 valence electrons. The highest BCUT2D eigenvalue weighted by molar-refractivity contribution is 4.85. The Morgan fingerprint density at radius 3 is 2.40 bits per heavy atom. The third kappa shape index (κ3) is 1.46. The first kappa shape index (κ1) is 7.94. The molecule has 0 radical (unpaired) electrons. The van der Waals surface area contributed by atoms with Crippen molar-refractivity contribution in [3.63, 3.8) is 0 Å². The standard InChI is InChI=1S/C6H13NO3/c1-3-6(10)4(8)2-5(9)7-3/h3-10H,2H2,1H3/t3-,4-,5?,6+/m0/s1. The Labute approximate surface area is 59.5 Å². The lowest BCUT2D eigenvalue weighted by atomic mass is 9.99. The Morgan fingerprint density at radius 1 is 1.30 bits per heavy atom. The molecule has 4 N–H and O–H groups in total. The molecule has 0 aliphatic carbocycles. The molecule has 1 fully saturated rings. The molecule has 1 aliphatic heterocycles. The lowest BCUT2D eigenvalue weighted by Crippen LogP contribution is -2.55. The number of aliphatic hydroxyl groups excluding tert-OH is 3. The highest BCUT2D eigenvalue weighted by Gasteiger charge is 2.31. The average molecular weight is 147 g/mol. The molecule has 4 atom stereocenters. The predicted molar refractivity (Wildman–Crippen MR) is 35.2 cm³/mol. The Kier molecular flexibility index (Phi) is 2.25. The van der Waals surface area contributed by atoms with Gasteiger partial charge in [0.05, 0.1) is 12.2 Å². The van der Waals surface area contributed by atoms with Crippen molar-refractivity contribution in [2.45, 2.75) is 37.8 Å². The zero-order valence-electron chi connectivity index (χ0n) is 5.86. The molecule has 1 unspecified atom stereocenters. The second kappa shape index (κ2) is 2.84. The van der Waals surface area contributed by atoms with E-state index in [-0.39, 0.29) is 12.5 Å². The summed E-state index contributed by atoms with van der Waals surface area (Å²) in [6.07, 6.45) is -2.05. The minimum Gasteiger partial charge on any atom is -0.390 e. The van der Waals surface area contributed by atoms with Gasteiger partial charge in [0.2, 0.25) is 0 Å². The lowest BCUT2D eigenvalue weighted by molar-refractivity contribution is -0.0743. The van der Waals surface area contributed by atoms with E-state index in [1.54, 1.807) is 6.92 Å². The summed E-state index contributed by atoms with van der Waals surface area (Å²) in [4.78, 5) is 0. The summed E-state index contributed by atoms with van der Waals surface area (Å²) >= 11 is 0. The number of aliphatic hydroxyl groups is 3. The van der Waals surface area contributed by atoms with Gasteiger partial charge < -0.3 is 15.3 Å². The number of nitrogens with one attached hydrogen (secondary N) is 1. The zero-order chi connectivity index (χ0) is 7.72. The largest absolute Gasteiger partial charge is 0.390 e. The van der Waals surface area contributed by atoms with Crippen LogP contribution in [0.5, 0.6) is 0 Å². The Bertz CT molecular complexity index is 108. The highest BCUT2D eigenvalue weighted by atomic mass is 16.3. The van der Waals surface area contributed by atoms with Crippen LogP contribution < -0.4 is 5.32 Å². The first-order valence-electron chi connectivity index (χ1n) is 3.41. The van der Waals surface area contributed by atoms with Crippen LogP contribution in [-0.4, -0.2) is 39.8 Å². The zero-order valence-corrected chi connectivity index (χ0v) is 5.86. The van der Waals surface area contributed by atoms with E-state index in [0.717, 1.165) is 0 Å². The second-order valence-electron chi connectivity index (χ2n) is 2.76. The predicted octanol–water partition coefficient (Wildman–Crippen LogP) is -1.59. The third-order valence-corrected chi connectivity index (χ3v) is 1.83. The molecule has 0 amide bonds. The third-order valence-electron chi connectivity index (χ3n) is 1.83. The quantitative estimate of drug-likeness (QED) is 0.333. The van der Waals surface area contributed by atoms with E-state index in [1.807, 2.05) is 0 Å². The molecule has 0 aromatic heterocycles. The van der Waals surface area contributed by atoms with Crippen molar-refractivity contribution in [1.29, 1.82) is 0 Å². The number of rotatable bonds is 0. The van der Waals surface area contributed by atoms with Crippen molar-refractivity contribution in [2.24, 2.45) is 0 Å². The van der Waals surface area contributed by atoms with Crippen LogP contribution in [0, 0.1) is 0 Å². The first-order valence-corrected chi connectivity index (χ1v) is 3.41. The van der Waals surface area contributed by atoms with E-state index < -0.39 is 18.4 Å². The fourth-order valence-electron chi connectivity index (χ4n) is 1.17. The normalized spacial score (nSPS) is 49.2. The van der Waals surface area contributed by atoms with Gasteiger partial charge in [-0.2, -0.15) is 0 Å². The van der Waals surface area contributed by atoms with Crippen molar-refractivity contribution in [1.82, 2.24) is 5.32 Å². The van der Waals surface area contributed by atoms with Gasteiger partial charge in [0, 0.05) is 12.5 Å². The fraction of sp³-hybridized carbons (Fsp3) is 1.00. The monoisotopic (exact) mass is 147 g/mol. The van der Waals surface area contributed by atoms with E-state index in [4.69, 9.17) is 15.3 Å². The van der Waals surface area contributed by atoms with E-state index in [0.29, 0.717) is 0 Å². The topological polar surface area (TPSA) is 72.7 Å². The summed E-state index contributed by atoms with van der Waals surface area (Å²) in [5.41, 5.74) is 0.